The minimum absolute atomic E-state index is 0. The minimum Gasteiger partial charge on any atom is -0.399 e. The molecule has 0 unspecified atom stereocenters. The molecule has 1 aromatic heterocycles. The molecule has 0 atom stereocenters. The van der Waals surface area contributed by atoms with E-state index in [1.54, 1.807) is 0 Å². The van der Waals surface area contributed by atoms with Gasteiger partial charge in [0.1, 0.15) is 0 Å². The molecule has 4 heteroatoms. The lowest BCUT2D eigenvalue weighted by Gasteiger charge is -2.03. The standard InChI is InChI=1S/C13H11N3.ClH/c14-10-3-4-12-9(6-10)5-8-1-2-11(15)7-13(8)16-12;/h1-7H,14-15H2;1H. The van der Waals surface area contributed by atoms with Crippen molar-refractivity contribution in [2.24, 2.45) is 0 Å². The summed E-state index contributed by atoms with van der Waals surface area (Å²) in [6, 6.07) is 13.5. The number of pyridine rings is 1. The molecule has 3 rings (SSSR count). The predicted octanol–water partition coefficient (Wildman–Crippen LogP) is 2.97. The third-order valence-corrected chi connectivity index (χ3v) is 2.66. The van der Waals surface area contributed by atoms with E-state index in [2.05, 4.69) is 11.1 Å². The average molecular weight is 246 g/mol. The average Bonchev–Trinajstić information content (AvgIpc) is 2.26. The lowest BCUT2D eigenvalue weighted by molar-refractivity contribution is 1.50. The Morgan fingerprint density at radius 2 is 1.41 bits per heavy atom. The Morgan fingerprint density at radius 1 is 0.706 bits per heavy atom. The third kappa shape index (κ3) is 1.97. The monoisotopic (exact) mass is 245 g/mol. The van der Waals surface area contributed by atoms with Gasteiger partial charge in [-0.05, 0) is 36.4 Å². The largest absolute Gasteiger partial charge is 0.399 e. The molecule has 3 nitrogen and oxygen atoms in total. The maximum Gasteiger partial charge on any atom is 0.0730 e. The molecule has 4 N–H and O–H groups in total. The first kappa shape index (κ1) is 11.5. The molecular formula is C13H12ClN3. The number of nitrogens with two attached hydrogens (primary N) is 2. The van der Waals surface area contributed by atoms with Crippen molar-refractivity contribution in [2.45, 2.75) is 0 Å². The van der Waals surface area contributed by atoms with Gasteiger partial charge in [-0.25, -0.2) is 4.98 Å². The number of hydrogen-bond acceptors (Lipinski definition) is 3. The molecule has 0 radical (unpaired) electrons. The smallest absolute Gasteiger partial charge is 0.0730 e. The van der Waals surface area contributed by atoms with E-state index in [4.69, 9.17) is 11.5 Å². The quantitative estimate of drug-likeness (QED) is 0.473. The first-order valence-electron chi connectivity index (χ1n) is 5.08. The number of fused-ring (bicyclic) bond motifs is 2. The van der Waals surface area contributed by atoms with Crippen LogP contribution in [0, 0.1) is 0 Å². The third-order valence-electron chi connectivity index (χ3n) is 2.66. The summed E-state index contributed by atoms with van der Waals surface area (Å²) >= 11 is 0. The van der Waals surface area contributed by atoms with Gasteiger partial charge in [0.25, 0.3) is 0 Å². The van der Waals surface area contributed by atoms with E-state index in [-0.39, 0.29) is 12.4 Å². The van der Waals surface area contributed by atoms with Crippen molar-refractivity contribution >= 4 is 45.6 Å². The molecule has 0 spiro atoms. The van der Waals surface area contributed by atoms with Crippen molar-refractivity contribution in [3.8, 4) is 0 Å². The Morgan fingerprint density at radius 3 is 2.24 bits per heavy atom. The maximum atomic E-state index is 5.74. The van der Waals surface area contributed by atoms with Crippen LogP contribution in [0.3, 0.4) is 0 Å². The fraction of sp³-hybridized carbons (Fsp3) is 0. The molecule has 0 bridgehead atoms. The zero-order chi connectivity index (χ0) is 11.1. The molecule has 86 valence electrons. The van der Waals surface area contributed by atoms with E-state index < -0.39 is 0 Å². The van der Waals surface area contributed by atoms with Crippen LogP contribution in [0.25, 0.3) is 21.8 Å². The second-order valence-electron chi connectivity index (χ2n) is 3.89. The van der Waals surface area contributed by atoms with Gasteiger partial charge in [-0.3, -0.25) is 0 Å². The molecule has 0 aliphatic carbocycles. The van der Waals surface area contributed by atoms with Crippen molar-refractivity contribution in [3.63, 3.8) is 0 Å². The summed E-state index contributed by atoms with van der Waals surface area (Å²) in [7, 11) is 0. The number of hydrogen-bond donors (Lipinski definition) is 2. The zero-order valence-corrected chi connectivity index (χ0v) is 9.87. The number of rotatable bonds is 0. The Balaban J connectivity index is 0.00000108. The number of aromatic nitrogens is 1. The van der Waals surface area contributed by atoms with Crippen LogP contribution in [0.2, 0.25) is 0 Å². The van der Waals surface area contributed by atoms with Crippen LogP contribution < -0.4 is 11.5 Å². The Hall–Kier alpha value is -2.00. The first-order valence-corrected chi connectivity index (χ1v) is 5.08. The summed E-state index contributed by atoms with van der Waals surface area (Å²) < 4.78 is 0. The van der Waals surface area contributed by atoms with Crippen molar-refractivity contribution < 1.29 is 0 Å². The van der Waals surface area contributed by atoms with Gasteiger partial charge in [0, 0.05) is 22.1 Å². The van der Waals surface area contributed by atoms with Gasteiger partial charge in [0.15, 0.2) is 0 Å². The van der Waals surface area contributed by atoms with Gasteiger partial charge in [-0.15, -0.1) is 12.4 Å². The summed E-state index contributed by atoms with van der Waals surface area (Å²) in [6.45, 7) is 0. The molecule has 0 saturated carbocycles. The molecule has 0 fully saturated rings. The summed E-state index contributed by atoms with van der Waals surface area (Å²) in [5, 5.41) is 2.13. The molecule has 0 aliphatic rings. The number of anilines is 2. The number of halogens is 1. The van der Waals surface area contributed by atoms with Crippen LogP contribution in [0.5, 0.6) is 0 Å². The van der Waals surface area contributed by atoms with Gasteiger partial charge < -0.3 is 11.5 Å². The van der Waals surface area contributed by atoms with Gasteiger partial charge in [-0.1, -0.05) is 6.07 Å². The highest BCUT2D eigenvalue weighted by Crippen LogP contribution is 2.22. The normalized spacial score (nSPS) is 10.4. The van der Waals surface area contributed by atoms with Crippen LogP contribution in [-0.2, 0) is 0 Å². The Bertz CT molecular complexity index is 633. The van der Waals surface area contributed by atoms with Crippen molar-refractivity contribution in [2.75, 3.05) is 11.5 Å². The van der Waals surface area contributed by atoms with Crippen LogP contribution in [0.4, 0.5) is 11.4 Å². The minimum atomic E-state index is 0. The predicted molar refractivity (Wildman–Crippen MR) is 75.3 cm³/mol. The van der Waals surface area contributed by atoms with Crippen LogP contribution >= 0.6 is 12.4 Å². The number of nitrogen functional groups attached to an aromatic ring is 2. The van der Waals surface area contributed by atoms with E-state index in [1.807, 2.05) is 36.4 Å². The molecule has 3 aromatic rings. The Labute approximate surface area is 105 Å². The van der Waals surface area contributed by atoms with Gasteiger partial charge >= 0.3 is 0 Å². The molecule has 0 saturated heterocycles. The van der Waals surface area contributed by atoms with E-state index in [1.165, 1.54) is 0 Å². The van der Waals surface area contributed by atoms with E-state index >= 15 is 0 Å². The fourth-order valence-corrected chi connectivity index (χ4v) is 1.87. The second-order valence-corrected chi connectivity index (χ2v) is 3.89. The van der Waals surface area contributed by atoms with E-state index in [0.29, 0.717) is 0 Å². The summed E-state index contributed by atoms with van der Waals surface area (Å²) in [5.74, 6) is 0. The number of nitrogens with zero attached hydrogens (tertiary/aromatic N) is 1. The van der Waals surface area contributed by atoms with E-state index in [9.17, 15) is 0 Å². The summed E-state index contributed by atoms with van der Waals surface area (Å²) in [6.07, 6.45) is 0. The van der Waals surface area contributed by atoms with Crippen molar-refractivity contribution in [1.82, 2.24) is 4.98 Å². The van der Waals surface area contributed by atoms with Crippen LogP contribution in [0.15, 0.2) is 42.5 Å². The Kier molecular flexibility index (Phi) is 2.77. The van der Waals surface area contributed by atoms with Crippen LogP contribution in [-0.4, -0.2) is 4.98 Å². The molecule has 0 amide bonds. The highest BCUT2D eigenvalue weighted by molar-refractivity contribution is 5.94. The van der Waals surface area contributed by atoms with Gasteiger partial charge in [0.2, 0.25) is 0 Å². The lowest BCUT2D eigenvalue weighted by Crippen LogP contribution is -1.88. The van der Waals surface area contributed by atoms with Gasteiger partial charge in [0.05, 0.1) is 11.0 Å². The van der Waals surface area contributed by atoms with Crippen molar-refractivity contribution in [3.05, 3.63) is 42.5 Å². The van der Waals surface area contributed by atoms with E-state index in [0.717, 1.165) is 33.2 Å². The maximum absolute atomic E-state index is 5.74. The topological polar surface area (TPSA) is 64.9 Å². The second kappa shape index (κ2) is 4.11. The molecule has 17 heavy (non-hydrogen) atoms. The molecule has 2 aromatic carbocycles. The highest BCUT2D eigenvalue weighted by atomic mass is 35.5. The van der Waals surface area contributed by atoms with Crippen molar-refractivity contribution in [1.29, 1.82) is 0 Å². The first-order chi connectivity index (χ1) is 7.72. The summed E-state index contributed by atoms with van der Waals surface area (Å²) in [4.78, 5) is 4.54. The van der Waals surface area contributed by atoms with Crippen LogP contribution in [0.1, 0.15) is 0 Å². The number of benzene rings is 2. The molecular weight excluding hydrogens is 234 g/mol. The summed E-state index contributed by atoms with van der Waals surface area (Å²) in [5.41, 5.74) is 14.8. The zero-order valence-electron chi connectivity index (χ0n) is 9.05. The van der Waals surface area contributed by atoms with Gasteiger partial charge in [-0.2, -0.15) is 0 Å². The highest BCUT2D eigenvalue weighted by Gasteiger charge is 2.00. The lowest BCUT2D eigenvalue weighted by atomic mass is 10.1. The fourth-order valence-electron chi connectivity index (χ4n) is 1.87. The molecule has 1 heterocycles. The SMILES string of the molecule is Cl.Nc1ccc2nc3cc(N)ccc3cc2c1. The molecule has 0 aliphatic heterocycles.